The highest BCUT2D eigenvalue weighted by Crippen LogP contribution is 2.63. The first-order valence-corrected chi connectivity index (χ1v) is 11.0. The highest BCUT2D eigenvalue weighted by atomic mass is 16.3. The van der Waals surface area contributed by atoms with Gasteiger partial charge in [-0.25, -0.2) is 0 Å². The number of hydrogen-bond acceptors (Lipinski definition) is 2. The van der Waals surface area contributed by atoms with E-state index in [2.05, 4.69) is 19.9 Å². The Kier molecular flexibility index (Phi) is 7.19. The molecule has 0 aliphatic heterocycles. The molecular formula is C24H40O2. The number of aryl methyl sites for hydroxylation is 1. The molecule has 2 heteroatoms. The Morgan fingerprint density at radius 1 is 1.08 bits per heavy atom. The summed E-state index contributed by atoms with van der Waals surface area (Å²) in [6, 6.07) is 6.03. The second-order valence-electron chi connectivity index (χ2n) is 8.19. The molecule has 0 aromatic heterocycles. The van der Waals surface area contributed by atoms with Crippen LogP contribution >= 0.6 is 0 Å². The van der Waals surface area contributed by atoms with E-state index in [1.807, 2.05) is 39.8 Å². The smallest absolute Gasteiger partial charge is 0.115 e. The zero-order chi connectivity index (χ0) is 19.5. The number of aliphatic hydroxyl groups is 1. The molecule has 3 aliphatic rings. The van der Waals surface area contributed by atoms with Gasteiger partial charge >= 0.3 is 0 Å². The van der Waals surface area contributed by atoms with Crippen molar-refractivity contribution in [3.63, 3.8) is 0 Å². The number of phenols is 1. The largest absolute Gasteiger partial charge is 0.508 e. The lowest BCUT2D eigenvalue weighted by atomic mass is 9.51. The highest BCUT2D eigenvalue weighted by molar-refractivity contribution is 5.40. The topological polar surface area (TPSA) is 40.5 Å². The molecule has 6 unspecified atom stereocenters. The van der Waals surface area contributed by atoms with Crippen LogP contribution in [0, 0.1) is 23.2 Å². The lowest BCUT2D eigenvalue weighted by molar-refractivity contribution is -0.0487. The first-order valence-electron chi connectivity index (χ1n) is 11.0. The minimum Gasteiger partial charge on any atom is -0.508 e. The fraction of sp³-hybridized carbons (Fsp3) is 0.750. The number of phenolic OH excluding ortho intramolecular Hbond substituents is 1. The Labute approximate surface area is 161 Å². The molecule has 1 aromatic carbocycles. The quantitative estimate of drug-likeness (QED) is 0.617. The SMILES string of the molecule is CC.CC.CCC1CC2(C)C(O)CCC2C2CCc3cc(O)ccc3C12. The van der Waals surface area contributed by atoms with Crippen molar-refractivity contribution in [1.29, 1.82) is 0 Å². The lowest BCUT2D eigenvalue weighted by Gasteiger charge is -2.53. The van der Waals surface area contributed by atoms with Crippen LogP contribution in [-0.2, 0) is 6.42 Å². The first-order chi connectivity index (χ1) is 12.5. The van der Waals surface area contributed by atoms with Crippen LogP contribution in [0.2, 0.25) is 0 Å². The average Bonchev–Trinajstić information content (AvgIpc) is 2.98. The molecule has 6 atom stereocenters. The van der Waals surface area contributed by atoms with E-state index in [9.17, 15) is 10.2 Å². The second-order valence-corrected chi connectivity index (χ2v) is 8.19. The van der Waals surface area contributed by atoms with E-state index >= 15 is 0 Å². The normalized spacial score (nSPS) is 37.1. The monoisotopic (exact) mass is 360 g/mol. The number of aromatic hydroxyl groups is 1. The molecule has 0 bridgehead atoms. The van der Waals surface area contributed by atoms with Gasteiger partial charge in [0.15, 0.2) is 0 Å². The van der Waals surface area contributed by atoms with Gasteiger partial charge < -0.3 is 10.2 Å². The standard InChI is InChI=1S/C20H28O2.2C2H6/c1-3-12-11-20(2)17(8-9-18(20)22)16-6-4-13-10-14(21)5-7-15(13)19(12)16;2*1-2/h5,7,10,12,16-19,21-22H,3-4,6,8-9,11H2,1-2H3;2*1-2H3. The highest BCUT2D eigenvalue weighted by Gasteiger charge is 2.57. The van der Waals surface area contributed by atoms with Gasteiger partial charge in [0, 0.05) is 0 Å². The van der Waals surface area contributed by atoms with E-state index in [1.54, 1.807) is 0 Å². The fourth-order valence-corrected chi connectivity index (χ4v) is 6.25. The lowest BCUT2D eigenvalue weighted by Crippen LogP contribution is -2.47. The molecule has 2 nitrogen and oxygen atoms in total. The summed E-state index contributed by atoms with van der Waals surface area (Å²) < 4.78 is 0. The van der Waals surface area contributed by atoms with Crippen LogP contribution in [0.3, 0.4) is 0 Å². The number of rotatable bonds is 1. The predicted octanol–water partition coefficient (Wildman–Crippen LogP) is 6.30. The summed E-state index contributed by atoms with van der Waals surface area (Å²) in [5, 5.41) is 20.4. The van der Waals surface area contributed by atoms with Crippen LogP contribution in [0.5, 0.6) is 5.75 Å². The Morgan fingerprint density at radius 2 is 1.77 bits per heavy atom. The molecule has 26 heavy (non-hydrogen) atoms. The maximum Gasteiger partial charge on any atom is 0.115 e. The summed E-state index contributed by atoms with van der Waals surface area (Å²) in [7, 11) is 0. The van der Waals surface area contributed by atoms with Crippen LogP contribution in [0.4, 0.5) is 0 Å². The molecule has 4 rings (SSSR count). The van der Waals surface area contributed by atoms with E-state index in [0.717, 1.165) is 25.2 Å². The molecule has 148 valence electrons. The van der Waals surface area contributed by atoms with Crippen LogP contribution in [0.15, 0.2) is 18.2 Å². The third kappa shape index (κ3) is 3.42. The van der Waals surface area contributed by atoms with Crippen molar-refractivity contribution in [3.05, 3.63) is 29.3 Å². The zero-order valence-electron chi connectivity index (χ0n) is 17.8. The summed E-state index contributed by atoms with van der Waals surface area (Å²) in [6.45, 7) is 12.7. The number of benzene rings is 1. The van der Waals surface area contributed by atoms with Crippen molar-refractivity contribution >= 4 is 0 Å². The van der Waals surface area contributed by atoms with Gasteiger partial charge in [0.05, 0.1) is 6.10 Å². The molecular weight excluding hydrogens is 320 g/mol. The van der Waals surface area contributed by atoms with Crippen molar-refractivity contribution < 1.29 is 10.2 Å². The minimum absolute atomic E-state index is 0.103. The minimum atomic E-state index is -0.103. The Bertz CT molecular complexity index is 582. The summed E-state index contributed by atoms with van der Waals surface area (Å²) in [4.78, 5) is 0. The summed E-state index contributed by atoms with van der Waals surface area (Å²) in [5.74, 6) is 3.11. The van der Waals surface area contributed by atoms with Crippen molar-refractivity contribution in [1.82, 2.24) is 0 Å². The van der Waals surface area contributed by atoms with Crippen LogP contribution in [-0.4, -0.2) is 16.3 Å². The van der Waals surface area contributed by atoms with Gasteiger partial charge in [0.1, 0.15) is 5.75 Å². The first kappa shape index (κ1) is 21.3. The maximum atomic E-state index is 10.6. The second kappa shape index (κ2) is 8.78. The fourth-order valence-electron chi connectivity index (χ4n) is 6.25. The molecule has 0 radical (unpaired) electrons. The van der Waals surface area contributed by atoms with Gasteiger partial charge in [0.2, 0.25) is 0 Å². The summed E-state index contributed by atoms with van der Waals surface area (Å²) >= 11 is 0. The number of hydrogen-bond donors (Lipinski definition) is 2. The molecule has 2 saturated carbocycles. The van der Waals surface area contributed by atoms with Gasteiger partial charge in [-0.2, -0.15) is 0 Å². The third-order valence-electron chi connectivity index (χ3n) is 7.30. The van der Waals surface area contributed by atoms with Crippen molar-refractivity contribution in [2.24, 2.45) is 23.2 Å². The van der Waals surface area contributed by atoms with Gasteiger partial charge in [-0.3, -0.25) is 0 Å². The van der Waals surface area contributed by atoms with E-state index in [0.29, 0.717) is 23.5 Å². The molecule has 0 saturated heterocycles. The molecule has 2 N–H and O–H groups in total. The molecule has 3 aliphatic carbocycles. The predicted molar refractivity (Wildman–Crippen MR) is 111 cm³/mol. The van der Waals surface area contributed by atoms with Crippen LogP contribution < -0.4 is 0 Å². The Hall–Kier alpha value is -1.02. The van der Waals surface area contributed by atoms with E-state index < -0.39 is 0 Å². The van der Waals surface area contributed by atoms with E-state index in [1.165, 1.54) is 30.4 Å². The van der Waals surface area contributed by atoms with Crippen molar-refractivity contribution in [2.45, 2.75) is 92.1 Å². The molecule has 0 amide bonds. The number of aliphatic hydroxyl groups excluding tert-OH is 1. The van der Waals surface area contributed by atoms with Gasteiger partial charge in [-0.1, -0.05) is 54.0 Å². The Balaban J connectivity index is 0.000000570. The molecule has 0 heterocycles. The third-order valence-corrected chi connectivity index (χ3v) is 7.30. The average molecular weight is 361 g/mol. The van der Waals surface area contributed by atoms with Gasteiger partial charge in [-0.15, -0.1) is 0 Å². The summed E-state index contributed by atoms with van der Waals surface area (Å²) in [5.41, 5.74) is 2.99. The summed E-state index contributed by atoms with van der Waals surface area (Å²) in [6.07, 6.45) is 6.75. The number of fused-ring (bicyclic) bond motifs is 5. The zero-order valence-corrected chi connectivity index (χ0v) is 17.8. The maximum absolute atomic E-state index is 10.6. The molecule has 1 aromatic rings. The van der Waals surface area contributed by atoms with E-state index in [-0.39, 0.29) is 11.5 Å². The van der Waals surface area contributed by atoms with Crippen LogP contribution in [0.25, 0.3) is 0 Å². The van der Waals surface area contributed by atoms with Gasteiger partial charge in [0.25, 0.3) is 0 Å². The van der Waals surface area contributed by atoms with Crippen molar-refractivity contribution in [3.8, 4) is 5.75 Å². The molecule has 2 fully saturated rings. The van der Waals surface area contributed by atoms with E-state index in [4.69, 9.17) is 0 Å². The van der Waals surface area contributed by atoms with Gasteiger partial charge in [-0.05, 0) is 84.5 Å². The molecule has 0 spiro atoms. The van der Waals surface area contributed by atoms with Crippen LogP contribution in [0.1, 0.15) is 90.7 Å². The Morgan fingerprint density at radius 3 is 2.42 bits per heavy atom. The van der Waals surface area contributed by atoms with Crippen molar-refractivity contribution in [2.75, 3.05) is 0 Å².